The monoisotopic (exact) mass is 226 g/mol. The second kappa shape index (κ2) is 4.23. The normalized spacial score (nSPS) is 29.5. The average Bonchev–Trinajstić information content (AvgIpc) is 2.59. The highest BCUT2D eigenvalue weighted by atomic mass is 16.5. The molecular weight excluding hydrogens is 212 g/mol. The van der Waals surface area contributed by atoms with Crippen molar-refractivity contribution in [2.45, 2.75) is 25.7 Å². The Kier molecular flexibility index (Phi) is 2.93. The van der Waals surface area contributed by atoms with Crippen LogP contribution in [0, 0.1) is 5.92 Å². The van der Waals surface area contributed by atoms with Crippen LogP contribution in [0.4, 0.5) is 0 Å². The molecule has 0 aliphatic carbocycles. The maximum Gasteiger partial charge on any atom is 0.330 e. The summed E-state index contributed by atoms with van der Waals surface area (Å²) in [6.45, 7) is 1.90. The molecule has 1 aromatic heterocycles. The lowest BCUT2D eigenvalue weighted by Crippen LogP contribution is -2.31. The third-order valence-electron chi connectivity index (χ3n) is 2.88. The first-order valence-corrected chi connectivity index (χ1v) is 5.19. The molecule has 0 amide bonds. The highest BCUT2D eigenvalue weighted by Crippen LogP contribution is 2.31. The Balaban J connectivity index is 2.27. The molecule has 2 rings (SSSR count). The van der Waals surface area contributed by atoms with Crippen molar-refractivity contribution in [1.82, 2.24) is 9.55 Å². The zero-order valence-electron chi connectivity index (χ0n) is 8.92. The summed E-state index contributed by atoms with van der Waals surface area (Å²) in [7, 11) is 0. The SMILES string of the molecule is CC1C[C@H](n2ccc(=O)[nH]c2=O)O[C@H]1CO. The predicted molar refractivity (Wildman–Crippen MR) is 56.1 cm³/mol. The Morgan fingerprint density at radius 3 is 2.94 bits per heavy atom. The summed E-state index contributed by atoms with van der Waals surface area (Å²) in [5.74, 6) is 0.189. The van der Waals surface area contributed by atoms with Crippen molar-refractivity contribution < 1.29 is 9.84 Å². The van der Waals surface area contributed by atoms with Gasteiger partial charge in [0.25, 0.3) is 5.56 Å². The number of aromatic nitrogens is 2. The third-order valence-corrected chi connectivity index (χ3v) is 2.88. The fraction of sp³-hybridized carbons (Fsp3) is 0.600. The zero-order chi connectivity index (χ0) is 11.7. The first-order valence-electron chi connectivity index (χ1n) is 5.19. The lowest BCUT2D eigenvalue weighted by atomic mass is 10.0. The van der Waals surface area contributed by atoms with E-state index in [-0.39, 0.29) is 18.6 Å². The second-order valence-electron chi connectivity index (χ2n) is 4.04. The van der Waals surface area contributed by atoms with Crippen molar-refractivity contribution in [3.05, 3.63) is 33.1 Å². The Morgan fingerprint density at radius 2 is 2.38 bits per heavy atom. The summed E-state index contributed by atoms with van der Waals surface area (Å²) >= 11 is 0. The molecule has 0 saturated carbocycles. The molecule has 1 aromatic rings. The van der Waals surface area contributed by atoms with E-state index in [1.807, 2.05) is 6.92 Å². The molecule has 2 heterocycles. The van der Waals surface area contributed by atoms with Crippen LogP contribution in [0.2, 0.25) is 0 Å². The predicted octanol–water partition coefficient (Wildman–Crippen LogP) is -0.548. The van der Waals surface area contributed by atoms with Gasteiger partial charge in [0.05, 0.1) is 12.7 Å². The van der Waals surface area contributed by atoms with E-state index in [0.29, 0.717) is 6.42 Å². The largest absolute Gasteiger partial charge is 0.394 e. The van der Waals surface area contributed by atoms with Gasteiger partial charge < -0.3 is 9.84 Å². The smallest absolute Gasteiger partial charge is 0.330 e. The molecule has 88 valence electrons. The van der Waals surface area contributed by atoms with Crippen molar-refractivity contribution >= 4 is 0 Å². The maximum atomic E-state index is 11.5. The molecule has 0 aromatic carbocycles. The van der Waals surface area contributed by atoms with Crippen LogP contribution in [0.1, 0.15) is 19.6 Å². The average molecular weight is 226 g/mol. The minimum atomic E-state index is -0.483. The molecule has 0 spiro atoms. The fourth-order valence-corrected chi connectivity index (χ4v) is 1.92. The fourth-order valence-electron chi connectivity index (χ4n) is 1.92. The molecule has 2 N–H and O–H groups in total. The third kappa shape index (κ3) is 1.94. The molecule has 16 heavy (non-hydrogen) atoms. The standard InChI is InChI=1S/C10H14N2O4/c1-6-4-9(16-7(6)5-13)12-3-2-8(14)11-10(12)15/h2-3,6-7,9,13H,4-5H2,1H3,(H,11,14,15)/t6?,7-,9+/m0/s1. The first kappa shape index (κ1) is 11.1. The van der Waals surface area contributed by atoms with Crippen molar-refractivity contribution in [3.63, 3.8) is 0 Å². The highest BCUT2D eigenvalue weighted by molar-refractivity contribution is 4.87. The minimum Gasteiger partial charge on any atom is -0.394 e. The van der Waals surface area contributed by atoms with Crippen molar-refractivity contribution in [1.29, 1.82) is 0 Å². The Labute approximate surface area is 91.5 Å². The van der Waals surface area contributed by atoms with Gasteiger partial charge in [-0.1, -0.05) is 6.92 Å². The molecule has 1 saturated heterocycles. The van der Waals surface area contributed by atoms with E-state index in [1.165, 1.54) is 16.8 Å². The number of nitrogens with zero attached hydrogens (tertiary/aromatic N) is 1. The topological polar surface area (TPSA) is 84.3 Å². The van der Waals surface area contributed by atoms with Crippen LogP contribution >= 0.6 is 0 Å². The molecule has 1 unspecified atom stereocenters. The number of hydrogen-bond acceptors (Lipinski definition) is 4. The number of hydrogen-bond donors (Lipinski definition) is 2. The van der Waals surface area contributed by atoms with Crippen LogP contribution in [0.25, 0.3) is 0 Å². The molecule has 6 heteroatoms. The van der Waals surface area contributed by atoms with Crippen molar-refractivity contribution in [2.75, 3.05) is 6.61 Å². The Morgan fingerprint density at radius 1 is 1.62 bits per heavy atom. The van der Waals surface area contributed by atoms with Crippen LogP contribution in [0.5, 0.6) is 0 Å². The summed E-state index contributed by atoms with van der Waals surface area (Å²) < 4.78 is 6.86. The van der Waals surface area contributed by atoms with E-state index in [0.717, 1.165) is 0 Å². The van der Waals surface area contributed by atoms with Gasteiger partial charge in [0, 0.05) is 12.3 Å². The molecule has 0 bridgehead atoms. The number of ether oxygens (including phenoxy) is 1. The molecule has 3 atom stereocenters. The molecule has 0 radical (unpaired) electrons. The zero-order valence-corrected chi connectivity index (χ0v) is 8.92. The molecule has 1 aliphatic rings. The molecule has 1 aliphatic heterocycles. The van der Waals surface area contributed by atoms with Gasteiger partial charge >= 0.3 is 5.69 Å². The van der Waals surface area contributed by atoms with Gasteiger partial charge in [-0.2, -0.15) is 0 Å². The number of rotatable bonds is 2. The number of aliphatic hydroxyl groups is 1. The number of aromatic amines is 1. The first-order chi connectivity index (χ1) is 7.61. The van der Waals surface area contributed by atoms with Crippen LogP contribution < -0.4 is 11.2 Å². The van der Waals surface area contributed by atoms with Crippen molar-refractivity contribution in [2.24, 2.45) is 5.92 Å². The van der Waals surface area contributed by atoms with Gasteiger partial charge in [0.15, 0.2) is 0 Å². The minimum absolute atomic E-state index is 0.0598. The summed E-state index contributed by atoms with van der Waals surface area (Å²) in [4.78, 5) is 24.6. The van der Waals surface area contributed by atoms with Gasteiger partial charge in [-0.15, -0.1) is 0 Å². The number of H-pyrrole nitrogens is 1. The van der Waals surface area contributed by atoms with E-state index in [9.17, 15) is 9.59 Å². The summed E-state index contributed by atoms with van der Waals surface area (Å²) in [5, 5.41) is 9.04. The van der Waals surface area contributed by atoms with Crippen molar-refractivity contribution in [3.8, 4) is 0 Å². The van der Waals surface area contributed by atoms with Crippen LogP contribution in [0.15, 0.2) is 21.9 Å². The number of aliphatic hydroxyl groups excluding tert-OH is 1. The maximum absolute atomic E-state index is 11.5. The quantitative estimate of drug-likeness (QED) is 0.708. The van der Waals surface area contributed by atoms with Crippen LogP contribution in [-0.4, -0.2) is 27.4 Å². The highest BCUT2D eigenvalue weighted by Gasteiger charge is 2.32. The second-order valence-corrected chi connectivity index (χ2v) is 4.04. The van der Waals surface area contributed by atoms with Crippen LogP contribution in [0.3, 0.4) is 0 Å². The van der Waals surface area contributed by atoms with Gasteiger partial charge in [-0.3, -0.25) is 14.3 Å². The van der Waals surface area contributed by atoms with E-state index in [2.05, 4.69) is 4.98 Å². The van der Waals surface area contributed by atoms with Gasteiger partial charge in [0.1, 0.15) is 6.23 Å². The summed E-state index contributed by atoms with van der Waals surface area (Å²) in [5.41, 5.74) is -0.908. The molecule has 6 nitrogen and oxygen atoms in total. The molecular formula is C10H14N2O4. The van der Waals surface area contributed by atoms with Gasteiger partial charge in [-0.25, -0.2) is 4.79 Å². The van der Waals surface area contributed by atoms with Crippen LogP contribution in [-0.2, 0) is 4.74 Å². The lowest BCUT2D eigenvalue weighted by Gasteiger charge is -2.14. The number of nitrogens with one attached hydrogen (secondary N) is 1. The van der Waals surface area contributed by atoms with E-state index >= 15 is 0 Å². The van der Waals surface area contributed by atoms with E-state index in [1.54, 1.807) is 0 Å². The molecule has 1 fully saturated rings. The Bertz CT molecular complexity index is 478. The Hall–Kier alpha value is -1.40. The van der Waals surface area contributed by atoms with E-state index in [4.69, 9.17) is 9.84 Å². The summed E-state index contributed by atoms with van der Waals surface area (Å²) in [6.07, 6.45) is 1.41. The van der Waals surface area contributed by atoms with Gasteiger partial charge in [-0.05, 0) is 12.3 Å². The van der Waals surface area contributed by atoms with E-state index < -0.39 is 17.5 Å². The van der Waals surface area contributed by atoms with Gasteiger partial charge in [0.2, 0.25) is 0 Å². The summed E-state index contributed by atoms with van der Waals surface area (Å²) in [6, 6.07) is 1.28. The lowest BCUT2D eigenvalue weighted by molar-refractivity contribution is -0.0313.